The van der Waals surface area contributed by atoms with Gasteiger partial charge in [-0.25, -0.2) is 0 Å². The molecule has 0 aliphatic heterocycles. The number of alkyl halides is 1. The van der Waals surface area contributed by atoms with Gasteiger partial charge < -0.3 is 0 Å². The average molecular weight is 317 g/mol. The van der Waals surface area contributed by atoms with Gasteiger partial charge in [0.25, 0.3) is 0 Å². The molecule has 0 saturated heterocycles. The van der Waals surface area contributed by atoms with Crippen LogP contribution in [0.15, 0.2) is 52.5 Å². The molecule has 0 amide bonds. The Morgan fingerprint density at radius 2 is 1.95 bits per heavy atom. The van der Waals surface area contributed by atoms with Gasteiger partial charge in [0.05, 0.1) is 0 Å². The van der Waals surface area contributed by atoms with E-state index in [1.165, 1.54) is 21.6 Å². The minimum atomic E-state index is 0.559. The highest BCUT2D eigenvalue weighted by atomic mass is 35.5. The van der Waals surface area contributed by atoms with Crippen molar-refractivity contribution in [2.24, 2.45) is 0 Å². The molecule has 0 radical (unpaired) electrons. The van der Waals surface area contributed by atoms with Crippen molar-refractivity contribution in [2.75, 3.05) is 0 Å². The van der Waals surface area contributed by atoms with Crippen LogP contribution in [0.5, 0.6) is 0 Å². The lowest BCUT2D eigenvalue weighted by molar-refractivity contribution is 1.40. The summed E-state index contributed by atoms with van der Waals surface area (Å²) in [7, 11) is 0. The molecule has 0 saturated carbocycles. The first kappa shape index (κ1) is 13.6. The van der Waals surface area contributed by atoms with E-state index in [2.05, 4.69) is 52.6 Å². The summed E-state index contributed by atoms with van der Waals surface area (Å²) in [5.41, 5.74) is 4.94. The Kier molecular flexibility index (Phi) is 4.36. The molecule has 0 nitrogen and oxygen atoms in total. The van der Waals surface area contributed by atoms with E-state index in [4.69, 9.17) is 11.6 Å². The van der Waals surface area contributed by atoms with E-state index in [-0.39, 0.29) is 0 Å². The zero-order valence-corrected chi connectivity index (χ0v) is 13.1. The number of halogens is 1. The number of hydrogen-bond donors (Lipinski definition) is 0. The molecule has 100 valence electrons. The van der Waals surface area contributed by atoms with Crippen LogP contribution in [0, 0.1) is 0 Å². The molecule has 0 atom stereocenters. The van der Waals surface area contributed by atoms with E-state index in [9.17, 15) is 0 Å². The van der Waals surface area contributed by atoms with E-state index in [1.807, 2.05) is 12.1 Å². The van der Waals surface area contributed by atoms with Crippen LogP contribution >= 0.6 is 34.3 Å². The summed E-state index contributed by atoms with van der Waals surface area (Å²) in [5, 5.41) is 6.50. The third-order valence-electron chi connectivity index (χ3n) is 3.02. The lowest BCUT2D eigenvalue weighted by Crippen LogP contribution is -1.78. The van der Waals surface area contributed by atoms with Crippen LogP contribution in [0.4, 0.5) is 0 Å². The maximum absolute atomic E-state index is 5.86. The Morgan fingerprint density at radius 1 is 1.00 bits per heavy atom. The Balaban J connectivity index is 1.79. The minimum Gasteiger partial charge on any atom is -0.152 e. The summed E-state index contributed by atoms with van der Waals surface area (Å²) in [6.45, 7) is 0. The molecule has 2 heterocycles. The van der Waals surface area contributed by atoms with Crippen molar-refractivity contribution in [3.8, 4) is 11.1 Å². The second-order valence-corrected chi connectivity index (χ2v) is 6.45. The molecule has 1 aromatic carbocycles. The van der Waals surface area contributed by atoms with E-state index >= 15 is 0 Å². The summed E-state index contributed by atoms with van der Waals surface area (Å²) in [6, 6.07) is 12.7. The average Bonchev–Trinajstić information content (AvgIpc) is 3.16. The molecular formula is C17H13ClS2. The van der Waals surface area contributed by atoms with Gasteiger partial charge in [-0.05, 0) is 56.6 Å². The Morgan fingerprint density at radius 3 is 2.75 bits per heavy atom. The molecule has 0 bridgehead atoms. The monoisotopic (exact) mass is 316 g/mol. The molecule has 0 unspecified atom stereocenters. The first-order valence-electron chi connectivity index (χ1n) is 6.29. The van der Waals surface area contributed by atoms with Gasteiger partial charge in [0.2, 0.25) is 0 Å². The predicted octanol–water partition coefficient (Wildman–Crippen LogP) is 6.39. The highest BCUT2D eigenvalue weighted by molar-refractivity contribution is 7.11. The third-order valence-corrected chi connectivity index (χ3v) is 4.91. The van der Waals surface area contributed by atoms with Crippen LogP contribution < -0.4 is 0 Å². The molecule has 0 aliphatic carbocycles. The number of rotatable bonds is 4. The highest BCUT2D eigenvalue weighted by Gasteiger charge is 2.00. The van der Waals surface area contributed by atoms with E-state index < -0.39 is 0 Å². The fourth-order valence-electron chi connectivity index (χ4n) is 1.98. The topological polar surface area (TPSA) is 0 Å². The van der Waals surface area contributed by atoms with Crippen molar-refractivity contribution >= 4 is 46.4 Å². The first-order valence-corrected chi connectivity index (χ1v) is 8.65. The zero-order chi connectivity index (χ0) is 13.8. The number of benzene rings is 1. The van der Waals surface area contributed by atoms with Gasteiger partial charge in [-0.15, -0.1) is 22.9 Å². The molecule has 0 aliphatic rings. The molecule has 3 aromatic rings. The van der Waals surface area contributed by atoms with Gasteiger partial charge >= 0.3 is 0 Å². The summed E-state index contributed by atoms with van der Waals surface area (Å²) >= 11 is 9.36. The van der Waals surface area contributed by atoms with Gasteiger partial charge in [0.1, 0.15) is 0 Å². The van der Waals surface area contributed by atoms with E-state index in [0.29, 0.717) is 5.88 Å². The van der Waals surface area contributed by atoms with E-state index in [0.717, 1.165) is 5.56 Å². The van der Waals surface area contributed by atoms with Crippen LogP contribution in [-0.2, 0) is 5.88 Å². The molecule has 20 heavy (non-hydrogen) atoms. The summed E-state index contributed by atoms with van der Waals surface area (Å²) < 4.78 is 0. The highest BCUT2D eigenvalue weighted by Crippen LogP contribution is 2.28. The molecule has 3 heteroatoms. The third kappa shape index (κ3) is 3.21. The molecular weight excluding hydrogens is 304 g/mol. The van der Waals surface area contributed by atoms with Crippen molar-refractivity contribution in [1.29, 1.82) is 0 Å². The van der Waals surface area contributed by atoms with Crippen LogP contribution in [0.3, 0.4) is 0 Å². The van der Waals surface area contributed by atoms with Gasteiger partial charge in [-0.1, -0.05) is 30.3 Å². The molecule has 0 fully saturated rings. The summed E-state index contributed by atoms with van der Waals surface area (Å²) in [4.78, 5) is 1.27. The SMILES string of the molecule is ClCc1cccc(C=Cc2cc(-c3ccsc3)cs2)c1. The predicted molar refractivity (Wildman–Crippen MR) is 92.6 cm³/mol. The van der Waals surface area contributed by atoms with Crippen LogP contribution in [0.1, 0.15) is 16.0 Å². The number of thiophene rings is 2. The molecule has 3 rings (SSSR count). The lowest BCUT2D eigenvalue weighted by atomic mass is 10.1. The normalized spacial score (nSPS) is 11.2. The Hall–Kier alpha value is -1.35. The maximum Gasteiger partial charge on any atom is 0.0474 e. The first-order chi connectivity index (χ1) is 9.85. The minimum absolute atomic E-state index is 0.559. The standard InChI is InChI=1S/C17H13ClS2/c18-10-14-3-1-2-13(8-14)4-5-17-9-16(12-20-17)15-6-7-19-11-15/h1-9,11-12H,10H2. The van der Waals surface area contributed by atoms with Crippen molar-refractivity contribution in [2.45, 2.75) is 5.88 Å². The Bertz CT molecular complexity index is 708. The quantitative estimate of drug-likeness (QED) is 0.489. The van der Waals surface area contributed by atoms with Crippen LogP contribution in [0.2, 0.25) is 0 Å². The smallest absolute Gasteiger partial charge is 0.0474 e. The second kappa shape index (κ2) is 6.40. The van der Waals surface area contributed by atoms with Crippen LogP contribution in [-0.4, -0.2) is 0 Å². The summed E-state index contributed by atoms with van der Waals surface area (Å²) in [6.07, 6.45) is 4.30. The van der Waals surface area contributed by atoms with Crippen molar-refractivity contribution < 1.29 is 0 Å². The fraction of sp³-hybridized carbons (Fsp3) is 0.0588. The van der Waals surface area contributed by atoms with Crippen molar-refractivity contribution in [3.05, 3.63) is 68.5 Å². The van der Waals surface area contributed by atoms with Crippen molar-refractivity contribution in [3.63, 3.8) is 0 Å². The van der Waals surface area contributed by atoms with E-state index in [1.54, 1.807) is 22.7 Å². The zero-order valence-electron chi connectivity index (χ0n) is 10.8. The second-order valence-electron chi connectivity index (χ2n) is 4.46. The molecule has 0 spiro atoms. The van der Waals surface area contributed by atoms with Crippen LogP contribution in [0.25, 0.3) is 23.3 Å². The maximum atomic E-state index is 5.86. The Labute approximate surface area is 132 Å². The van der Waals surface area contributed by atoms with Gasteiger partial charge in [-0.3, -0.25) is 0 Å². The lowest BCUT2D eigenvalue weighted by Gasteiger charge is -1.96. The van der Waals surface area contributed by atoms with Gasteiger partial charge in [-0.2, -0.15) is 11.3 Å². The molecule has 2 aromatic heterocycles. The largest absolute Gasteiger partial charge is 0.152 e. The number of hydrogen-bond acceptors (Lipinski definition) is 2. The van der Waals surface area contributed by atoms with Crippen molar-refractivity contribution in [1.82, 2.24) is 0 Å². The molecule has 0 N–H and O–H groups in total. The van der Waals surface area contributed by atoms with Gasteiger partial charge in [0.15, 0.2) is 0 Å². The fourth-order valence-corrected chi connectivity index (χ4v) is 3.62. The van der Waals surface area contributed by atoms with Gasteiger partial charge in [0, 0.05) is 10.8 Å². The summed E-state index contributed by atoms with van der Waals surface area (Å²) in [5.74, 6) is 0.559.